The van der Waals surface area contributed by atoms with Crippen LogP contribution in [0.25, 0.3) is 6.08 Å². The second-order valence-corrected chi connectivity index (χ2v) is 15.8. The smallest absolute Gasteiger partial charge is 0.0442 e. The van der Waals surface area contributed by atoms with E-state index in [1.165, 1.54) is 82.2 Å². The molecule has 1 aromatic carbocycles. The van der Waals surface area contributed by atoms with Gasteiger partial charge in [0.1, 0.15) is 0 Å². The Morgan fingerprint density at radius 3 is 2.07 bits per heavy atom. The van der Waals surface area contributed by atoms with E-state index in [1.807, 2.05) is 0 Å². The van der Waals surface area contributed by atoms with Gasteiger partial charge in [0.15, 0.2) is 0 Å². The lowest BCUT2D eigenvalue weighted by Gasteiger charge is -2.33. The highest BCUT2D eigenvalue weighted by Gasteiger charge is 2.27. The summed E-state index contributed by atoms with van der Waals surface area (Å²) in [5.74, 6) is 0. The van der Waals surface area contributed by atoms with E-state index >= 15 is 0 Å². The molecule has 0 aliphatic rings. The molecule has 0 radical (unpaired) electrons. The van der Waals surface area contributed by atoms with Crippen LogP contribution in [0.5, 0.6) is 0 Å². The fourth-order valence-corrected chi connectivity index (χ4v) is 5.98. The molecule has 0 aromatic heterocycles. The minimum absolute atomic E-state index is 0.359. The van der Waals surface area contributed by atoms with Crippen molar-refractivity contribution < 1.29 is 0 Å². The molecule has 1 N–H and O–H groups in total. The van der Waals surface area contributed by atoms with Gasteiger partial charge in [-0.3, -0.25) is 3.53 Å². The normalized spacial score (nSPS) is 14.5. The molecule has 3 heteroatoms. The zero-order chi connectivity index (χ0) is 20.7. The van der Waals surface area contributed by atoms with Crippen molar-refractivity contribution in [1.82, 2.24) is 3.53 Å². The molecule has 0 fully saturated rings. The van der Waals surface area contributed by atoms with Crippen LogP contribution in [0.1, 0.15) is 83.1 Å². The average molecular weight is 514 g/mol. The fourth-order valence-electron chi connectivity index (χ4n) is 3.86. The predicted octanol–water partition coefficient (Wildman–Crippen LogP) is 9.03. The van der Waals surface area contributed by atoms with Crippen LogP contribution in [-0.2, 0) is 0 Å². The molecule has 1 aromatic rings. The highest BCUT2D eigenvalue weighted by Crippen LogP contribution is 2.30. The third kappa shape index (κ3) is 12.4. The van der Waals surface area contributed by atoms with Crippen LogP contribution < -0.4 is 3.53 Å². The van der Waals surface area contributed by atoms with Gasteiger partial charge in [0, 0.05) is 36.5 Å². The van der Waals surface area contributed by atoms with Gasteiger partial charge in [-0.1, -0.05) is 114 Å². The van der Waals surface area contributed by atoms with Crippen LogP contribution in [-0.4, -0.2) is 13.6 Å². The van der Waals surface area contributed by atoms with Crippen LogP contribution >= 0.6 is 22.9 Å². The van der Waals surface area contributed by atoms with Gasteiger partial charge < -0.3 is 0 Å². The number of unbranched alkanes of at least 4 members (excludes halogenated alkanes) is 5. The van der Waals surface area contributed by atoms with E-state index in [9.17, 15) is 0 Å². The fraction of sp³-hybridized carbons (Fsp3) is 0.680. The monoisotopic (exact) mass is 513 g/mol. The summed E-state index contributed by atoms with van der Waals surface area (Å²) >= 11 is 2.44. The maximum absolute atomic E-state index is 3.75. The molecule has 0 bridgehead atoms. The Morgan fingerprint density at radius 2 is 1.50 bits per heavy atom. The van der Waals surface area contributed by atoms with Crippen molar-refractivity contribution in [2.75, 3.05) is 0 Å². The second kappa shape index (κ2) is 14.8. The van der Waals surface area contributed by atoms with E-state index in [0.29, 0.717) is 5.54 Å². The first-order valence-electron chi connectivity index (χ1n) is 11.5. The van der Waals surface area contributed by atoms with Crippen molar-refractivity contribution in [3.63, 3.8) is 0 Å². The zero-order valence-electron chi connectivity index (χ0n) is 18.9. The van der Waals surface area contributed by atoms with E-state index in [4.69, 9.17) is 0 Å². The molecule has 160 valence electrons. The minimum atomic E-state index is -0.893. The van der Waals surface area contributed by atoms with Crippen molar-refractivity contribution in [1.29, 1.82) is 0 Å². The molecule has 0 aliphatic carbocycles. The minimum Gasteiger partial charge on any atom is -0.255 e. The molecular formula is C25H44INSi. The standard InChI is InChI=1S/C25H44INSi/c1-5-6-13-20-25(27-26,22-15-16-23-28(2,3)4)21-14-8-7-10-17-24-18-11-9-12-19-24/h9-12,17-19,27H,5-8,13-16,20-23H2,1-4H3/b17-10+. The molecular weight excluding hydrogens is 469 g/mol. The zero-order valence-corrected chi connectivity index (χ0v) is 22.1. The molecule has 1 unspecified atom stereocenters. The summed E-state index contributed by atoms with van der Waals surface area (Å²) in [6, 6.07) is 12.1. The number of rotatable bonds is 16. The van der Waals surface area contributed by atoms with Crippen LogP contribution in [0.4, 0.5) is 0 Å². The molecule has 0 saturated carbocycles. The van der Waals surface area contributed by atoms with Crippen LogP contribution in [0, 0.1) is 0 Å². The lowest BCUT2D eigenvalue weighted by atomic mass is 9.83. The van der Waals surface area contributed by atoms with E-state index < -0.39 is 8.07 Å². The van der Waals surface area contributed by atoms with Crippen LogP contribution in [0.15, 0.2) is 36.4 Å². The first-order valence-corrected chi connectivity index (χ1v) is 16.3. The molecule has 0 heterocycles. The van der Waals surface area contributed by atoms with Crippen molar-refractivity contribution in [3.05, 3.63) is 42.0 Å². The van der Waals surface area contributed by atoms with Crippen molar-refractivity contribution in [3.8, 4) is 0 Å². The molecule has 0 saturated heterocycles. The predicted molar refractivity (Wildman–Crippen MR) is 140 cm³/mol. The van der Waals surface area contributed by atoms with Gasteiger partial charge >= 0.3 is 0 Å². The van der Waals surface area contributed by atoms with E-state index in [0.717, 1.165) is 0 Å². The number of hydrogen-bond acceptors (Lipinski definition) is 1. The number of halogens is 1. The molecule has 1 atom stereocenters. The average Bonchev–Trinajstić information content (AvgIpc) is 2.67. The third-order valence-corrected chi connectivity index (χ3v) is 8.68. The molecule has 1 rings (SSSR count). The van der Waals surface area contributed by atoms with Gasteiger partial charge in [-0.25, -0.2) is 0 Å². The summed E-state index contributed by atoms with van der Waals surface area (Å²) in [7, 11) is -0.893. The summed E-state index contributed by atoms with van der Waals surface area (Å²) < 4.78 is 3.75. The van der Waals surface area contributed by atoms with Crippen molar-refractivity contribution in [2.24, 2.45) is 0 Å². The Labute approximate surface area is 190 Å². The first kappa shape index (κ1) is 25.9. The number of benzene rings is 1. The Balaban J connectivity index is 2.43. The van der Waals surface area contributed by atoms with Crippen LogP contribution in [0.2, 0.25) is 25.7 Å². The summed E-state index contributed by atoms with van der Waals surface area (Å²) in [6.45, 7) is 9.81. The van der Waals surface area contributed by atoms with E-state index in [-0.39, 0.29) is 0 Å². The van der Waals surface area contributed by atoms with Crippen molar-refractivity contribution in [2.45, 2.75) is 109 Å². The van der Waals surface area contributed by atoms with Crippen molar-refractivity contribution >= 4 is 37.0 Å². The molecule has 0 amide bonds. The van der Waals surface area contributed by atoms with Gasteiger partial charge in [0.05, 0.1) is 0 Å². The number of nitrogens with one attached hydrogen (secondary N) is 1. The molecule has 0 aliphatic heterocycles. The van der Waals surface area contributed by atoms with Gasteiger partial charge in [-0.15, -0.1) is 0 Å². The van der Waals surface area contributed by atoms with E-state index in [2.05, 4.69) is 95.4 Å². The second-order valence-electron chi connectivity index (χ2n) is 9.66. The third-order valence-electron chi connectivity index (χ3n) is 5.68. The highest BCUT2D eigenvalue weighted by atomic mass is 127. The first-order chi connectivity index (χ1) is 13.4. The Morgan fingerprint density at radius 1 is 0.893 bits per heavy atom. The largest absolute Gasteiger partial charge is 0.255 e. The van der Waals surface area contributed by atoms with Gasteiger partial charge in [0.2, 0.25) is 0 Å². The SMILES string of the molecule is CCCCCC(CCCC/C=C/c1ccccc1)(CCCC[Si](C)(C)C)NI. The summed E-state index contributed by atoms with van der Waals surface area (Å²) in [6.07, 6.45) is 19.3. The number of hydrogen-bond donors (Lipinski definition) is 1. The summed E-state index contributed by atoms with van der Waals surface area (Å²) in [5.41, 5.74) is 1.67. The maximum Gasteiger partial charge on any atom is 0.0442 e. The highest BCUT2D eigenvalue weighted by molar-refractivity contribution is 14.1. The Kier molecular flexibility index (Phi) is 13.7. The lowest BCUT2D eigenvalue weighted by Crippen LogP contribution is -2.39. The topological polar surface area (TPSA) is 12.0 Å². The Bertz CT molecular complexity index is 523. The number of allylic oxidation sites excluding steroid dienone is 1. The molecule has 28 heavy (non-hydrogen) atoms. The van der Waals surface area contributed by atoms with Gasteiger partial charge in [0.25, 0.3) is 0 Å². The molecule has 1 nitrogen and oxygen atoms in total. The Hall–Kier alpha value is -0.133. The van der Waals surface area contributed by atoms with Crippen LogP contribution in [0.3, 0.4) is 0 Å². The maximum atomic E-state index is 3.75. The van der Waals surface area contributed by atoms with Gasteiger partial charge in [-0.2, -0.15) is 0 Å². The quantitative estimate of drug-likeness (QED) is 0.101. The summed E-state index contributed by atoms with van der Waals surface area (Å²) in [5, 5.41) is 0. The molecule has 0 spiro atoms. The van der Waals surface area contributed by atoms with Gasteiger partial charge in [-0.05, 0) is 37.7 Å². The lowest BCUT2D eigenvalue weighted by molar-refractivity contribution is 0.294. The summed E-state index contributed by atoms with van der Waals surface area (Å²) in [4.78, 5) is 0. The van der Waals surface area contributed by atoms with E-state index in [1.54, 1.807) is 0 Å².